The quantitative estimate of drug-likeness (QED) is 0.424. The van der Waals surface area contributed by atoms with Crippen LogP contribution in [0, 0.1) is 5.92 Å². The summed E-state index contributed by atoms with van der Waals surface area (Å²) in [4.78, 5) is 9.25. The molecule has 1 fully saturated rings. The molecule has 132 valence electrons. The number of hydrogen-bond acceptors (Lipinski definition) is 3. The van der Waals surface area contributed by atoms with Crippen LogP contribution in [0.5, 0.6) is 0 Å². The summed E-state index contributed by atoms with van der Waals surface area (Å²) in [5, 5.41) is 0. The zero-order valence-corrected chi connectivity index (χ0v) is 16.9. The Morgan fingerprint density at radius 2 is 2.22 bits per heavy atom. The highest BCUT2D eigenvalue weighted by Gasteiger charge is 2.22. The zero-order valence-electron chi connectivity index (χ0n) is 14.6. The number of guanidine groups is 1. The first-order valence-electron chi connectivity index (χ1n) is 8.48. The lowest BCUT2D eigenvalue weighted by atomic mass is 10.0. The van der Waals surface area contributed by atoms with E-state index in [1.54, 1.807) is 6.26 Å². The molecule has 2 atom stereocenters. The summed E-state index contributed by atoms with van der Waals surface area (Å²) in [6.07, 6.45) is 4.22. The van der Waals surface area contributed by atoms with Crippen LogP contribution >= 0.6 is 24.0 Å². The Kier molecular flexibility index (Phi) is 8.98. The van der Waals surface area contributed by atoms with Crippen molar-refractivity contribution < 1.29 is 4.42 Å². The molecule has 0 aromatic carbocycles. The van der Waals surface area contributed by atoms with Gasteiger partial charge in [-0.3, -0.25) is 9.89 Å². The molecule has 1 saturated heterocycles. The van der Waals surface area contributed by atoms with Crippen molar-refractivity contribution in [2.75, 3.05) is 32.7 Å². The van der Waals surface area contributed by atoms with Gasteiger partial charge in [-0.1, -0.05) is 20.8 Å². The average Bonchev–Trinajstić information content (AvgIpc) is 3.05. The van der Waals surface area contributed by atoms with Crippen molar-refractivity contribution >= 4 is 29.9 Å². The number of halogens is 1. The van der Waals surface area contributed by atoms with E-state index in [1.807, 2.05) is 12.1 Å². The first-order chi connectivity index (χ1) is 10.7. The summed E-state index contributed by atoms with van der Waals surface area (Å²) < 4.78 is 5.61. The molecule has 0 bridgehead atoms. The molecule has 1 aliphatic rings. The predicted octanol–water partition coefficient (Wildman–Crippen LogP) is 3.33. The van der Waals surface area contributed by atoms with Gasteiger partial charge in [-0.25, -0.2) is 0 Å². The third-order valence-electron chi connectivity index (χ3n) is 4.53. The standard InChI is InChI=1S/C17H30N4O.HI/c1-4-20(5-2)15(16-9-7-11-22-16)12-19-17(18)21-10-6-8-14(3)13-21;/h7,9,11,14-15H,4-6,8,10,12-13H2,1-3H3,(H2,18,19);1H. The molecule has 5 nitrogen and oxygen atoms in total. The Hall–Kier alpha value is -0.760. The number of piperidine rings is 1. The van der Waals surface area contributed by atoms with E-state index in [1.165, 1.54) is 12.8 Å². The Morgan fingerprint density at radius 3 is 2.78 bits per heavy atom. The highest BCUT2D eigenvalue weighted by atomic mass is 127. The summed E-state index contributed by atoms with van der Waals surface area (Å²) in [7, 11) is 0. The lowest BCUT2D eigenvalue weighted by molar-refractivity contribution is 0.197. The number of hydrogen-bond donors (Lipinski definition) is 1. The van der Waals surface area contributed by atoms with Crippen LogP contribution in [0.15, 0.2) is 27.8 Å². The van der Waals surface area contributed by atoms with Crippen LogP contribution < -0.4 is 5.73 Å². The summed E-state index contributed by atoms with van der Waals surface area (Å²) in [6, 6.07) is 4.12. The molecule has 2 rings (SSSR count). The van der Waals surface area contributed by atoms with Gasteiger partial charge in [-0.05, 0) is 44.0 Å². The molecule has 0 saturated carbocycles. The first-order valence-corrected chi connectivity index (χ1v) is 8.48. The van der Waals surface area contributed by atoms with E-state index >= 15 is 0 Å². The van der Waals surface area contributed by atoms with Crippen LogP contribution in [0.4, 0.5) is 0 Å². The van der Waals surface area contributed by atoms with Gasteiger partial charge in [-0.15, -0.1) is 24.0 Å². The van der Waals surface area contributed by atoms with Gasteiger partial charge in [0.1, 0.15) is 5.76 Å². The second kappa shape index (κ2) is 10.2. The van der Waals surface area contributed by atoms with E-state index in [4.69, 9.17) is 10.2 Å². The molecule has 1 aromatic heterocycles. The van der Waals surface area contributed by atoms with E-state index in [0.717, 1.165) is 31.9 Å². The molecular weight excluding hydrogens is 403 g/mol. The maximum atomic E-state index is 6.22. The summed E-state index contributed by atoms with van der Waals surface area (Å²) in [5.41, 5.74) is 6.22. The molecule has 2 unspecified atom stereocenters. The number of nitrogens with two attached hydrogens (primary N) is 1. The van der Waals surface area contributed by atoms with E-state index in [0.29, 0.717) is 18.4 Å². The molecule has 0 radical (unpaired) electrons. The Bertz CT molecular complexity index is 459. The summed E-state index contributed by atoms with van der Waals surface area (Å²) in [6.45, 7) is 11.2. The van der Waals surface area contributed by atoms with Crippen LogP contribution in [-0.4, -0.2) is 48.5 Å². The predicted molar refractivity (Wildman–Crippen MR) is 106 cm³/mol. The number of rotatable bonds is 6. The van der Waals surface area contributed by atoms with Crippen LogP contribution in [0.2, 0.25) is 0 Å². The van der Waals surface area contributed by atoms with Crippen molar-refractivity contribution in [1.82, 2.24) is 9.80 Å². The van der Waals surface area contributed by atoms with Crippen molar-refractivity contribution in [2.45, 2.75) is 39.7 Å². The van der Waals surface area contributed by atoms with Crippen LogP contribution in [0.3, 0.4) is 0 Å². The van der Waals surface area contributed by atoms with Crippen molar-refractivity contribution in [1.29, 1.82) is 0 Å². The minimum atomic E-state index is 0. The minimum absolute atomic E-state index is 0. The van der Waals surface area contributed by atoms with Gasteiger partial charge in [0.15, 0.2) is 5.96 Å². The van der Waals surface area contributed by atoms with Gasteiger partial charge in [0.05, 0.1) is 18.8 Å². The molecule has 0 amide bonds. The van der Waals surface area contributed by atoms with Gasteiger partial charge < -0.3 is 15.1 Å². The van der Waals surface area contributed by atoms with Crippen molar-refractivity contribution in [3.63, 3.8) is 0 Å². The number of likely N-dealkylation sites (tertiary alicyclic amines) is 1. The fourth-order valence-electron chi connectivity index (χ4n) is 3.21. The van der Waals surface area contributed by atoms with Gasteiger partial charge in [-0.2, -0.15) is 0 Å². The molecule has 1 aromatic rings. The number of aliphatic imine (C=N–C) groups is 1. The van der Waals surface area contributed by atoms with Gasteiger partial charge >= 0.3 is 0 Å². The SMILES string of the molecule is CCN(CC)C(CN=C(N)N1CCCC(C)C1)c1ccco1.I. The van der Waals surface area contributed by atoms with Crippen molar-refractivity contribution in [3.8, 4) is 0 Å². The minimum Gasteiger partial charge on any atom is -0.468 e. The van der Waals surface area contributed by atoms with Crippen LogP contribution in [0.1, 0.15) is 45.4 Å². The lowest BCUT2D eigenvalue weighted by Gasteiger charge is -2.32. The van der Waals surface area contributed by atoms with Gasteiger partial charge in [0.25, 0.3) is 0 Å². The molecule has 2 heterocycles. The molecule has 0 aliphatic carbocycles. The van der Waals surface area contributed by atoms with Gasteiger partial charge in [0, 0.05) is 13.1 Å². The third-order valence-corrected chi connectivity index (χ3v) is 4.53. The van der Waals surface area contributed by atoms with E-state index < -0.39 is 0 Å². The molecule has 23 heavy (non-hydrogen) atoms. The Balaban J connectivity index is 0.00000264. The normalized spacial score (nSPS) is 20.4. The fraction of sp³-hybridized carbons (Fsp3) is 0.706. The van der Waals surface area contributed by atoms with E-state index in [2.05, 4.69) is 35.6 Å². The summed E-state index contributed by atoms with van der Waals surface area (Å²) in [5.74, 6) is 2.34. The first kappa shape index (κ1) is 20.3. The zero-order chi connectivity index (χ0) is 15.9. The maximum Gasteiger partial charge on any atom is 0.191 e. The molecule has 2 N–H and O–H groups in total. The topological polar surface area (TPSA) is 58.0 Å². The van der Waals surface area contributed by atoms with Crippen LogP contribution in [-0.2, 0) is 0 Å². The molecular formula is C17H31IN4O. The van der Waals surface area contributed by atoms with Crippen molar-refractivity contribution in [3.05, 3.63) is 24.2 Å². The number of furan rings is 1. The second-order valence-corrected chi connectivity index (χ2v) is 6.14. The van der Waals surface area contributed by atoms with Gasteiger partial charge in [0.2, 0.25) is 0 Å². The van der Waals surface area contributed by atoms with E-state index in [-0.39, 0.29) is 30.0 Å². The average molecular weight is 434 g/mol. The smallest absolute Gasteiger partial charge is 0.191 e. The third kappa shape index (κ3) is 5.67. The molecule has 1 aliphatic heterocycles. The van der Waals surface area contributed by atoms with E-state index in [9.17, 15) is 0 Å². The highest BCUT2D eigenvalue weighted by Crippen LogP contribution is 2.22. The molecule has 0 spiro atoms. The second-order valence-electron chi connectivity index (χ2n) is 6.14. The fourth-order valence-corrected chi connectivity index (χ4v) is 3.21. The molecule has 6 heteroatoms. The highest BCUT2D eigenvalue weighted by molar-refractivity contribution is 14.0. The number of nitrogens with zero attached hydrogens (tertiary/aromatic N) is 3. The number of likely N-dealkylation sites (N-methyl/N-ethyl adjacent to an activating group) is 1. The van der Waals surface area contributed by atoms with Crippen LogP contribution in [0.25, 0.3) is 0 Å². The Morgan fingerprint density at radius 1 is 1.48 bits per heavy atom. The lowest BCUT2D eigenvalue weighted by Crippen LogP contribution is -2.44. The van der Waals surface area contributed by atoms with Crippen molar-refractivity contribution in [2.24, 2.45) is 16.6 Å². The maximum absolute atomic E-state index is 6.22. The Labute approximate surface area is 157 Å². The largest absolute Gasteiger partial charge is 0.468 e. The monoisotopic (exact) mass is 434 g/mol. The summed E-state index contributed by atoms with van der Waals surface area (Å²) >= 11 is 0.